The highest BCUT2D eigenvalue weighted by Gasteiger charge is 2.03. The van der Waals surface area contributed by atoms with Gasteiger partial charge in [-0.2, -0.15) is 0 Å². The molecular formula is C17H16N2O3. The van der Waals surface area contributed by atoms with Gasteiger partial charge >= 0.3 is 0 Å². The van der Waals surface area contributed by atoms with Crippen molar-refractivity contribution in [1.29, 1.82) is 0 Å². The zero-order chi connectivity index (χ0) is 15.9. The minimum atomic E-state index is -0.599. The Morgan fingerprint density at radius 1 is 1.00 bits per heavy atom. The standard InChI is InChI=1S/C17H16N2O3/c1-19-14(7-8-15(19)10-12-17(21)18-22)9-11-16(20)13-5-3-2-4-6-13/h2-12,22H,1H3,(H,18,21). The van der Waals surface area contributed by atoms with Gasteiger partial charge in [0.25, 0.3) is 5.91 Å². The molecule has 0 spiro atoms. The Bertz CT molecular complexity index is 728. The van der Waals surface area contributed by atoms with Gasteiger partial charge in [-0.05, 0) is 30.4 Å². The Balaban J connectivity index is 2.13. The van der Waals surface area contributed by atoms with Crippen LogP contribution in [0.4, 0.5) is 0 Å². The highest BCUT2D eigenvalue weighted by Crippen LogP contribution is 2.11. The van der Waals surface area contributed by atoms with Crippen LogP contribution in [-0.2, 0) is 11.8 Å². The van der Waals surface area contributed by atoms with Gasteiger partial charge in [-0.25, -0.2) is 5.48 Å². The van der Waals surface area contributed by atoms with Crippen LogP contribution < -0.4 is 5.48 Å². The van der Waals surface area contributed by atoms with Crippen LogP contribution in [0.1, 0.15) is 21.7 Å². The summed E-state index contributed by atoms with van der Waals surface area (Å²) in [6.45, 7) is 0. The zero-order valence-electron chi connectivity index (χ0n) is 12.1. The highest BCUT2D eigenvalue weighted by molar-refractivity contribution is 6.06. The fourth-order valence-electron chi connectivity index (χ4n) is 1.94. The molecule has 0 atom stereocenters. The van der Waals surface area contributed by atoms with Gasteiger partial charge < -0.3 is 4.57 Å². The molecule has 112 valence electrons. The van der Waals surface area contributed by atoms with E-state index >= 15 is 0 Å². The number of hydrogen-bond acceptors (Lipinski definition) is 3. The van der Waals surface area contributed by atoms with Crippen molar-refractivity contribution < 1.29 is 14.8 Å². The van der Waals surface area contributed by atoms with Crippen LogP contribution in [0.25, 0.3) is 12.2 Å². The van der Waals surface area contributed by atoms with Gasteiger partial charge in [0.2, 0.25) is 0 Å². The maximum absolute atomic E-state index is 12.0. The minimum absolute atomic E-state index is 0.0708. The summed E-state index contributed by atoms with van der Waals surface area (Å²) in [7, 11) is 1.82. The summed E-state index contributed by atoms with van der Waals surface area (Å²) in [5.74, 6) is -0.670. The van der Waals surface area contributed by atoms with Crippen molar-refractivity contribution in [3.05, 3.63) is 71.6 Å². The Hall–Kier alpha value is -2.92. The Morgan fingerprint density at radius 3 is 2.18 bits per heavy atom. The molecular weight excluding hydrogens is 280 g/mol. The van der Waals surface area contributed by atoms with Crippen molar-refractivity contribution >= 4 is 23.8 Å². The Morgan fingerprint density at radius 2 is 1.59 bits per heavy atom. The van der Waals surface area contributed by atoms with Crippen LogP contribution in [-0.4, -0.2) is 21.5 Å². The number of aromatic nitrogens is 1. The fourth-order valence-corrected chi connectivity index (χ4v) is 1.94. The number of hydrogen-bond donors (Lipinski definition) is 2. The number of carbonyl (C=O) groups excluding carboxylic acids is 2. The van der Waals surface area contributed by atoms with Crippen LogP contribution in [0.2, 0.25) is 0 Å². The summed E-state index contributed by atoms with van der Waals surface area (Å²) >= 11 is 0. The van der Waals surface area contributed by atoms with E-state index in [1.54, 1.807) is 24.3 Å². The number of benzene rings is 1. The number of allylic oxidation sites excluding steroid dienone is 1. The van der Waals surface area contributed by atoms with Crippen molar-refractivity contribution in [2.24, 2.45) is 7.05 Å². The molecule has 22 heavy (non-hydrogen) atoms. The van der Waals surface area contributed by atoms with E-state index in [-0.39, 0.29) is 5.78 Å². The summed E-state index contributed by atoms with van der Waals surface area (Å²) < 4.78 is 1.83. The third-order valence-electron chi connectivity index (χ3n) is 3.18. The first-order valence-corrected chi connectivity index (χ1v) is 6.67. The molecule has 0 radical (unpaired) electrons. The molecule has 1 aromatic heterocycles. The Kier molecular flexibility index (Phi) is 5.06. The van der Waals surface area contributed by atoms with Crippen LogP contribution in [0.5, 0.6) is 0 Å². The van der Waals surface area contributed by atoms with Gasteiger partial charge in [0, 0.05) is 30.1 Å². The first kappa shape index (κ1) is 15.5. The first-order chi connectivity index (χ1) is 10.6. The molecule has 5 nitrogen and oxygen atoms in total. The van der Waals surface area contributed by atoms with E-state index in [0.29, 0.717) is 5.56 Å². The molecule has 2 rings (SSSR count). The number of amides is 1. The molecule has 2 N–H and O–H groups in total. The van der Waals surface area contributed by atoms with E-state index in [2.05, 4.69) is 0 Å². The molecule has 0 aliphatic rings. The van der Waals surface area contributed by atoms with Crippen molar-refractivity contribution in [2.45, 2.75) is 0 Å². The van der Waals surface area contributed by atoms with Gasteiger partial charge in [-0.15, -0.1) is 0 Å². The highest BCUT2D eigenvalue weighted by atomic mass is 16.5. The normalized spacial score (nSPS) is 11.2. The van der Waals surface area contributed by atoms with Crippen molar-refractivity contribution in [1.82, 2.24) is 10.0 Å². The molecule has 0 saturated carbocycles. The maximum Gasteiger partial charge on any atom is 0.267 e. The minimum Gasteiger partial charge on any atom is -0.345 e. The lowest BCUT2D eigenvalue weighted by Crippen LogP contribution is -2.14. The molecule has 5 heteroatoms. The SMILES string of the molecule is Cn1c(C=CC(=O)NO)ccc1C=CC(=O)c1ccccc1. The summed E-state index contributed by atoms with van der Waals surface area (Å²) in [4.78, 5) is 23.0. The van der Waals surface area contributed by atoms with Crippen LogP contribution >= 0.6 is 0 Å². The summed E-state index contributed by atoms with van der Waals surface area (Å²) in [6, 6.07) is 12.7. The zero-order valence-corrected chi connectivity index (χ0v) is 12.1. The molecule has 1 aromatic carbocycles. The van der Waals surface area contributed by atoms with E-state index in [1.165, 1.54) is 17.6 Å². The van der Waals surface area contributed by atoms with Crippen LogP contribution in [0.15, 0.2) is 54.6 Å². The van der Waals surface area contributed by atoms with Gasteiger partial charge in [0.1, 0.15) is 0 Å². The third-order valence-corrected chi connectivity index (χ3v) is 3.18. The average Bonchev–Trinajstić information content (AvgIpc) is 2.91. The van der Waals surface area contributed by atoms with Crippen molar-refractivity contribution in [2.75, 3.05) is 0 Å². The average molecular weight is 296 g/mol. The third kappa shape index (κ3) is 3.80. The largest absolute Gasteiger partial charge is 0.345 e. The summed E-state index contributed by atoms with van der Waals surface area (Å²) in [6.07, 6.45) is 6.03. The number of nitrogens with zero attached hydrogens (tertiary/aromatic N) is 1. The number of nitrogens with one attached hydrogen (secondary N) is 1. The maximum atomic E-state index is 12.0. The van der Waals surface area contributed by atoms with Gasteiger partial charge in [-0.1, -0.05) is 30.3 Å². The van der Waals surface area contributed by atoms with Crippen molar-refractivity contribution in [3.63, 3.8) is 0 Å². The lowest BCUT2D eigenvalue weighted by Gasteiger charge is -2.01. The fraction of sp³-hybridized carbons (Fsp3) is 0.0588. The molecule has 0 fully saturated rings. The van der Waals surface area contributed by atoms with Crippen LogP contribution in [0, 0.1) is 0 Å². The lowest BCUT2D eigenvalue weighted by molar-refractivity contribution is -0.124. The van der Waals surface area contributed by atoms with E-state index in [9.17, 15) is 9.59 Å². The van der Waals surface area contributed by atoms with E-state index in [0.717, 1.165) is 11.4 Å². The molecule has 0 bridgehead atoms. The predicted molar refractivity (Wildman–Crippen MR) is 84.2 cm³/mol. The van der Waals surface area contributed by atoms with Gasteiger partial charge in [0.15, 0.2) is 5.78 Å². The quantitative estimate of drug-likeness (QED) is 0.385. The van der Waals surface area contributed by atoms with E-state index in [1.807, 2.05) is 41.9 Å². The monoisotopic (exact) mass is 296 g/mol. The molecule has 0 saturated heterocycles. The second-order valence-electron chi connectivity index (χ2n) is 4.62. The number of rotatable bonds is 5. The molecule has 0 aliphatic carbocycles. The molecule has 0 unspecified atom stereocenters. The van der Waals surface area contributed by atoms with Gasteiger partial charge in [-0.3, -0.25) is 14.8 Å². The molecule has 2 aromatic rings. The molecule has 0 aliphatic heterocycles. The topological polar surface area (TPSA) is 71.3 Å². The Labute approximate surface area is 128 Å². The van der Waals surface area contributed by atoms with E-state index in [4.69, 9.17) is 5.21 Å². The predicted octanol–water partition coefficient (Wildman–Crippen LogP) is 2.44. The number of carbonyl (C=O) groups is 2. The van der Waals surface area contributed by atoms with Crippen molar-refractivity contribution in [3.8, 4) is 0 Å². The first-order valence-electron chi connectivity index (χ1n) is 6.67. The molecule has 1 amide bonds. The molecule has 1 heterocycles. The van der Waals surface area contributed by atoms with Crippen LogP contribution in [0.3, 0.4) is 0 Å². The lowest BCUT2D eigenvalue weighted by atomic mass is 10.1. The summed E-state index contributed by atoms with van der Waals surface area (Å²) in [5.41, 5.74) is 3.76. The van der Waals surface area contributed by atoms with E-state index < -0.39 is 5.91 Å². The number of ketones is 1. The number of hydroxylamine groups is 1. The van der Waals surface area contributed by atoms with Gasteiger partial charge in [0.05, 0.1) is 0 Å². The summed E-state index contributed by atoms with van der Waals surface area (Å²) in [5, 5.41) is 8.43. The smallest absolute Gasteiger partial charge is 0.267 e. The second kappa shape index (κ2) is 7.19. The second-order valence-corrected chi connectivity index (χ2v) is 4.62.